The number of rotatable bonds is 10. The van der Waals surface area contributed by atoms with Crippen LogP contribution in [-0.2, 0) is 0 Å². The Morgan fingerprint density at radius 1 is 1.29 bits per heavy atom. The summed E-state index contributed by atoms with van der Waals surface area (Å²) in [6.07, 6.45) is 4.60. The fraction of sp³-hybridized carbons (Fsp3) is 1.00. The molecule has 0 amide bonds. The molecule has 0 radical (unpaired) electrons. The van der Waals surface area contributed by atoms with E-state index in [0.717, 1.165) is 25.3 Å². The molecule has 3 unspecified atom stereocenters. The quantitative estimate of drug-likeness (QED) is 0.603. The number of nitrogens with zero attached hydrogens (tertiary/aromatic N) is 2. The summed E-state index contributed by atoms with van der Waals surface area (Å²) in [5.41, 5.74) is -0.0967. The maximum absolute atomic E-state index is 9.57. The van der Waals surface area contributed by atoms with Gasteiger partial charge in [-0.05, 0) is 59.3 Å². The monoisotopic (exact) mass is 299 g/mol. The third-order valence-corrected chi connectivity index (χ3v) is 4.92. The maximum atomic E-state index is 9.57. The fourth-order valence-electron chi connectivity index (χ4n) is 3.40. The first-order valence-electron chi connectivity index (χ1n) is 8.66. The molecule has 126 valence electrons. The Kier molecular flexibility index (Phi) is 8.17. The number of hydrogen-bond donors (Lipinski definition) is 2. The standard InChI is InChI=1S/C17H37N3O/c1-6-10-18-17(3,14-21)9-7-8-11-20-12-15(2)16(13-20)19(4)5/h15-16,18,21H,6-14H2,1-5H3. The topological polar surface area (TPSA) is 38.7 Å². The van der Waals surface area contributed by atoms with Crippen molar-refractivity contribution < 1.29 is 5.11 Å². The summed E-state index contributed by atoms with van der Waals surface area (Å²) >= 11 is 0. The van der Waals surface area contributed by atoms with Crippen molar-refractivity contribution in [1.82, 2.24) is 15.1 Å². The van der Waals surface area contributed by atoms with E-state index in [1.54, 1.807) is 0 Å². The number of unbranched alkanes of at least 4 members (excludes halogenated alkanes) is 1. The van der Waals surface area contributed by atoms with Crippen LogP contribution in [0.25, 0.3) is 0 Å². The molecule has 1 fully saturated rings. The van der Waals surface area contributed by atoms with E-state index in [4.69, 9.17) is 0 Å². The van der Waals surface area contributed by atoms with Crippen LogP contribution in [0.15, 0.2) is 0 Å². The molecule has 2 N–H and O–H groups in total. The van der Waals surface area contributed by atoms with Gasteiger partial charge in [0, 0.05) is 24.7 Å². The predicted molar refractivity (Wildman–Crippen MR) is 90.7 cm³/mol. The number of aliphatic hydroxyl groups is 1. The van der Waals surface area contributed by atoms with Crippen molar-refractivity contribution in [3.8, 4) is 0 Å². The lowest BCUT2D eigenvalue weighted by Crippen LogP contribution is -2.46. The number of nitrogens with one attached hydrogen (secondary N) is 1. The highest BCUT2D eigenvalue weighted by Gasteiger charge is 2.30. The van der Waals surface area contributed by atoms with Crippen LogP contribution in [0.2, 0.25) is 0 Å². The van der Waals surface area contributed by atoms with Gasteiger partial charge < -0.3 is 20.2 Å². The van der Waals surface area contributed by atoms with Crippen LogP contribution in [0.4, 0.5) is 0 Å². The molecule has 3 atom stereocenters. The molecule has 0 aromatic heterocycles. The second kappa shape index (κ2) is 9.09. The van der Waals surface area contributed by atoms with Gasteiger partial charge in [0.15, 0.2) is 0 Å². The average molecular weight is 300 g/mol. The zero-order valence-electron chi connectivity index (χ0n) is 14.9. The van der Waals surface area contributed by atoms with Crippen LogP contribution in [0.1, 0.15) is 46.5 Å². The van der Waals surface area contributed by atoms with E-state index in [-0.39, 0.29) is 12.1 Å². The summed E-state index contributed by atoms with van der Waals surface area (Å²) in [5.74, 6) is 0.772. The lowest BCUT2D eigenvalue weighted by molar-refractivity contribution is 0.161. The Morgan fingerprint density at radius 3 is 2.52 bits per heavy atom. The van der Waals surface area contributed by atoms with E-state index in [9.17, 15) is 5.11 Å². The Labute approximate surface area is 131 Å². The van der Waals surface area contributed by atoms with Crippen molar-refractivity contribution in [3.05, 3.63) is 0 Å². The molecule has 1 aliphatic heterocycles. The van der Waals surface area contributed by atoms with Crippen molar-refractivity contribution in [1.29, 1.82) is 0 Å². The molecule has 0 aromatic carbocycles. The van der Waals surface area contributed by atoms with Gasteiger partial charge in [-0.1, -0.05) is 20.3 Å². The van der Waals surface area contributed by atoms with E-state index in [1.807, 2.05) is 0 Å². The summed E-state index contributed by atoms with van der Waals surface area (Å²) in [6.45, 7) is 11.5. The number of likely N-dealkylation sites (tertiary alicyclic amines) is 1. The Morgan fingerprint density at radius 2 is 2.00 bits per heavy atom. The Bertz CT molecular complexity index is 285. The summed E-state index contributed by atoms with van der Waals surface area (Å²) in [7, 11) is 4.38. The highest BCUT2D eigenvalue weighted by atomic mass is 16.3. The van der Waals surface area contributed by atoms with Crippen molar-refractivity contribution in [2.75, 3.05) is 46.9 Å². The Hall–Kier alpha value is -0.160. The number of likely N-dealkylation sites (N-methyl/N-ethyl adjacent to an activating group) is 1. The normalized spacial score (nSPS) is 26.4. The first-order chi connectivity index (χ1) is 9.91. The zero-order chi connectivity index (χ0) is 15.9. The Balaban J connectivity index is 2.22. The lowest BCUT2D eigenvalue weighted by Gasteiger charge is -2.29. The van der Waals surface area contributed by atoms with Gasteiger partial charge in [-0.25, -0.2) is 0 Å². The molecule has 0 spiro atoms. The van der Waals surface area contributed by atoms with Crippen LogP contribution in [0, 0.1) is 5.92 Å². The largest absolute Gasteiger partial charge is 0.394 e. The average Bonchev–Trinajstić information content (AvgIpc) is 2.83. The molecule has 0 bridgehead atoms. The summed E-state index contributed by atoms with van der Waals surface area (Å²) in [6, 6.07) is 0.707. The minimum absolute atomic E-state index is 0.0967. The first kappa shape index (κ1) is 18.9. The number of aliphatic hydroxyl groups excluding tert-OH is 1. The van der Waals surface area contributed by atoms with Crippen LogP contribution >= 0.6 is 0 Å². The van der Waals surface area contributed by atoms with Gasteiger partial charge in [0.05, 0.1) is 6.61 Å². The number of hydrogen-bond acceptors (Lipinski definition) is 4. The minimum Gasteiger partial charge on any atom is -0.394 e. The van der Waals surface area contributed by atoms with E-state index in [0.29, 0.717) is 6.04 Å². The second-order valence-electron chi connectivity index (χ2n) is 7.37. The molecule has 0 aromatic rings. The van der Waals surface area contributed by atoms with Crippen molar-refractivity contribution >= 4 is 0 Å². The molecule has 0 saturated carbocycles. The molecule has 1 heterocycles. The lowest BCUT2D eigenvalue weighted by atomic mass is 9.95. The van der Waals surface area contributed by atoms with Gasteiger partial charge >= 0.3 is 0 Å². The molecular formula is C17H37N3O. The van der Waals surface area contributed by atoms with Crippen molar-refractivity contribution in [3.63, 3.8) is 0 Å². The molecule has 1 saturated heterocycles. The van der Waals surface area contributed by atoms with Gasteiger partial charge in [-0.15, -0.1) is 0 Å². The second-order valence-corrected chi connectivity index (χ2v) is 7.37. The van der Waals surface area contributed by atoms with Crippen molar-refractivity contribution in [2.24, 2.45) is 5.92 Å². The van der Waals surface area contributed by atoms with Crippen LogP contribution in [0.3, 0.4) is 0 Å². The van der Waals surface area contributed by atoms with E-state index >= 15 is 0 Å². The predicted octanol–water partition coefficient (Wildman–Crippen LogP) is 1.79. The van der Waals surface area contributed by atoms with Crippen molar-refractivity contribution in [2.45, 2.75) is 58.0 Å². The third kappa shape index (κ3) is 6.23. The van der Waals surface area contributed by atoms with Gasteiger partial charge in [-0.2, -0.15) is 0 Å². The van der Waals surface area contributed by atoms with Gasteiger partial charge in [0.1, 0.15) is 0 Å². The van der Waals surface area contributed by atoms with Crippen LogP contribution in [-0.4, -0.2) is 73.4 Å². The minimum atomic E-state index is -0.0967. The highest BCUT2D eigenvalue weighted by Crippen LogP contribution is 2.21. The van der Waals surface area contributed by atoms with Gasteiger partial charge in [0.25, 0.3) is 0 Å². The van der Waals surface area contributed by atoms with Gasteiger partial charge in [-0.3, -0.25) is 0 Å². The third-order valence-electron chi connectivity index (χ3n) is 4.92. The first-order valence-corrected chi connectivity index (χ1v) is 8.66. The van der Waals surface area contributed by atoms with E-state index in [1.165, 1.54) is 32.5 Å². The smallest absolute Gasteiger partial charge is 0.0610 e. The van der Waals surface area contributed by atoms with Crippen LogP contribution < -0.4 is 5.32 Å². The summed E-state index contributed by atoms with van der Waals surface area (Å²) in [5, 5.41) is 13.1. The molecule has 1 aliphatic rings. The van der Waals surface area contributed by atoms with E-state index < -0.39 is 0 Å². The van der Waals surface area contributed by atoms with E-state index in [2.05, 4.69) is 50.0 Å². The molecule has 21 heavy (non-hydrogen) atoms. The zero-order valence-corrected chi connectivity index (χ0v) is 14.9. The molecular weight excluding hydrogens is 262 g/mol. The van der Waals surface area contributed by atoms with Crippen LogP contribution in [0.5, 0.6) is 0 Å². The SMILES string of the molecule is CCCNC(C)(CO)CCCCN1CC(C)C(N(C)C)C1. The highest BCUT2D eigenvalue weighted by molar-refractivity contribution is 4.87. The van der Waals surface area contributed by atoms with Gasteiger partial charge in [0.2, 0.25) is 0 Å². The summed E-state index contributed by atoms with van der Waals surface area (Å²) in [4.78, 5) is 4.97. The molecule has 1 rings (SSSR count). The molecule has 4 heteroatoms. The maximum Gasteiger partial charge on any atom is 0.0610 e. The fourth-order valence-corrected chi connectivity index (χ4v) is 3.40. The summed E-state index contributed by atoms with van der Waals surface area (Å²) < 4.78 is 0. The molecule has 0 aliphatic carbocycles. The molecule has 4 nitrogen and oxygen atoms in total.